The van der Waals surface area contributed by atoms with Crippen molar-refractivity contribution < 1.29 is 17.9 Å². The number of benzene rings is 2. The molecule has 6 nitrogen and oxygen atoms in total. The van der Waals surface area contributed by atoms with Gasteiger partial charge in [-0.05, 0) is 43.2 Å². The number of amides is 1. The largest absolute Gasteiger partial charge is 0.495 e. The number of ether oxygens (including phenoxy) is 1. The first-order chi connectivity index (χ1) is 13.3. The van der Waals surface area contributed by atoms with E-state index < -0.39 is 20.7 Å². The maximum Gasteiger partial charge on any atom is 0.249 e. The number of rotatable bonds is 6. The van der Waals surface area contributed by atoms with Crippen LogP contribution in [0.3, 0.4) is 0 Å². The molecular formula is C20H23ClN2O4S. The van der Waals surface area contributed by atoms with E-state index in [0.29, 0.717) is 35.0 Å². The van der Waals surface area contributed by atoms with Crippen LogP contribution in [0, 0.1) is 0 Å². The van der Waals surface area contributed by atoms with Crippen LogP contribution in [0.1, 0.15) is 25.7 Å². The fourth-order valence-corrected chi connectivity index (χ4v) is 5.85. The van der Waals surface area contributed by atoms with Gasteiger partial charge in [-0.15, -0.1) is 0 Å². The van der Waals surface area contributed by atoms with Crippen molar-refractivity contribution in [1.82, 2.24) is 0 Å². The lowest BCUT2D eigenvalue weighted by molar-refractivity contribution is -0.118. The van der Waals surface area contributed by atoms with E-state index in [0.717, 1.165) is 0 Å². The van der Waals surface area contributed by atoms with Crippen molar-refractivity contribution in [2.75, 3.05) is 23.8 Å². The van der Waals surface area contributed by atoms with Gasteiger partial charge in [-0.2, -0.15) is 0 Å². The molecular weight excluding hydrogens is 400 g/mol. The monoisotopic (exact) mass is 422 g/mol. The minimum Gasteiger partial charge on any atom is -0.495 e. The molecule has 0 spiro atoms. The van der Waals surface area contributed by atoms with Crippen molar-refractivity contribution in [3.8, 4) is 5.75 Å². The van der Waals surface area contributed by atoms with Gasteiger partial charge < -0.3 is 10.1 Å². The lowest BCUT2D eigenvalue weighted by Crippen LogP contribution is -2.53. The van der Waals surface area contributed by atoms with Crippen LogP contribution in [0.2, 0.25) is 5.02 Å². The molecule has 3 rings (SSSR count). The zero-order chi connectivity index (χ0) is 20.4. The predicted molar refractivity (Wildman–Crippen MR) is 112 cm³/mol. The standard InChI is InChI=1S/C20H23ClN2O4S/c1-23(16-8-4-3-5-9-16)28(25,26)20(12-6-7-13-20)19(24)22-15-10-11-18(27-2)17(21)14-15/h3-5,8-11,14H,6-7,12-13H2,1-2H3,(H,22,24). The molecule has 0 saturated heterocycles. The molecule has 1 aliphatic carbocycles. The Morgan fingerprint density at radius 2 is 1.79 bits per heavy atom. The van der Waals surface area contributed by atoms with Gasteiger partial charge in [-0.25, -0.2) is 8.42 Å². The fraction of sp³-hybridized carbons (Fsp3) is 0.350. The van der Waals surface area contributed by atoms with Gasteiger partial charge in [0.1, 0.15) is 5.75 Å². The summed E-state index contributed by atoms with van der Waals surface area (Å²) in [5.41, 5.74) is 0.953. The number of carbonyl (C=O) groups is 1. The van der Waals surface area contributed by atoms with Gasteiger partial charge in [0.2, 0.25) is 15.9 Å². The molecule has 1 N–H and O–H groups in total. The first-order valence-electron chi connectivity index (χ1n) is 9.00. The second-order valence-electron chi connectivity index (χ2n) is 6.81. The highest BCUT2D eigenvalue weighted by molar-refractivity contribution is 7.95. The summed E-state index contributed by atoms with van der Waals surface area (Å²) in [5.74, 6) is -0.0549. The zero-order valence-corrected chi connectivity index (χ0v) is 17.4. The molecule has 2 aromatic carbocycles. The van der Waals surface area contributed by atoms with Gasteiger partial charge in [-0.3, -0.25) is 9.10 Å². The predicted octanol–water partition coefficient (Wildman–Crippen LogP) is 4.07. The molecule has 0 bridgehead atoms. The molecule has 0 unspecified atom stereocenters. The van der Waals surface area contributed by atoms with Crippen LogP contribution in [-0.2, 0) is 14.8 Å². The minimum atomic E-state index is -3.93. The molecule has 0 aliphatic heterocycles. The van der Waals surface area contributed by atoms with E-state index in [1.807, 2.05) is 6.07 Å². The summed E-state index contributed by atoms with van der Waals surface area (Å²) in [5, 5.41) is 3.08. The first-order valence-corrected chi connectivity index (χ1v) is 10.8. The maximum atomic E-state index is 13.5. The molecule has 0 atom stereocenters. The number of hydrogen-bond acceptors (Lipinski definition) is 4. The number of halogens is 1. The summed E-state index contributed by atoms with van der Waals surface area (Å²) in [6.07, 6.45) is 1.92. The number of anilines is 2. The topological polar surface area (TPSA) is 75.7 Å². The maximum absolute atomic E-state index is 13.5. The van der Waals surface area contributed by atoms with E-state index in [1.165, 1.54) is 18.5 Å². The second-order valence-corrected chi connectivity index (χ2v) is 9.50. The third-order valence-electron chi connectivity index (χ3n) is 5.21. The van der Waals surface area contributed by atoms with E-state index in [9.17, 15) is 13.2 Å². The lowest BCUT2D eigenvalue weighted by Gasteiger charge is -2.33. The van der Waals surface area contributed by atoms with Crippen LogP contribution in [0.25, 0.3) is 0 Å². The van der Waals surface area contributed by atoms with Crippen molar-refractivity contribution in [3.63, 3.8) is 0 Å². The quantitative estimate of drug-likeness (QED) is 0.761. The molecule has 1 aliphatic rings. The van der Waals surface area contributed by atoms with Gasteiger partial charge >= 0.3 is 0 Å². The highest BCUT2D eigenvalue weighted by Gasteiger charge is 2.54. The van der Waals surface area contributed by atoms with Gasteiger partial charge in [0.15, 0.2) is 4.75 Å². The Bertz CT molecular complexity index is 957. The first kappa shape index (κ1) is 20.5. The van der Waals surface area contributed by atoms with E-state index in [4.69, 9.17) is 16.3 Å². The van der Waals surface area contributed by atoms with Gasteiger partial charge in [0, 0.05) is 12.7 Å². The van der Waals surface area contributed by atoms with Gasteiger partial charge in [0.05, 0.1) is 17.8 Å². The van der Waals surface area contributed by atoms with Crippen molar-refractivity contribution in [3.05, 3.63) is 53.6 Å². The molecule has 1 fully saturated rings. The van der Waals surface area contributed by atoms with E-state index in [-0.39, 0.29) is 12.8 Å². The Balaban J connectivity index is 1.93. The van der Waals surface area contributed by atoms with Crippen molar-refractivity contribution in [2.45, 2.75) is 30.4 Å². The molecule has 2 aromatic rings. The molecule has 0 aromatic heterocycles. The molecule has 0 radical (unpaired) electrons. The van der Waals surface area contributed by atoms with E-state index in [1.54, 1.807) is 42.5 Å². The number of hydrogen-bond donors (Lipinski definition) is 1. The third kappa shape index (κ3) is 3.56. The Morgan fingerprint density at radius 3 is 2.36 bits per heavy atom. The van der Waals surface area contributed by atoms with Crippen LogP contribution in [0.4, 0.5) is 11.4 Å². The Morgan fingerprint density at radius 1 is 1.14 bits per heavy atom. The Kier molecular flexibility index (Phi) is 5.86. The third-order valence-corrected chi connectivity index (χ3v) is 8.02. The summed E-state index contributed by atoms with van der Waals surface area (Å²) in [4.78, 5) is 13.2. The summed E-state index contributed by atoms with van der Waals surface area (Å²) < 4.78 is 31.8. The Hall–Kier alpha value is -2.25. The summed E-state index contributed by atoms with van der Waals surface area (Å²) in [6.45, 7) is 0. The normalized spacial score (nSPS) is 15.8. The molecule has 1 amide bonds. The fourth-order valence-electron chi connectivity index (χ4n) is 3.58. The number of methoxy groups -OCH3 is 1. The number of nitrogens with one attached hydrogen (secondary N) is 1. The SMILES string of the molecule is COc1ccc(NC(=O)C2(S(=O)(=O)N(C)c3ccccc3)CCCC2)cc1Cl. The average molecular weight is 423 g/mol. The number of para-hydroxylation sites is 1. The summed E-state index contributed by atoms with van der Waals surface area (Å²) in [7, 11) is -0.945. The van der Waals surface area contributed by atoms with Gasteiger partial charge in [0.25, 0.3) is 0 Å². The highest BCUT2D eigenvalue weighted by Crippen LogP contribution is 2.41. The Labute approximate surface area is 170 Å². The van der Waals surface area contributed by atoms with Crippen LogP contribution in [-0.4, -0.2) is 33.2 Å². The van der Waals surface area contributed by atoms with Crippen molar-refractivity contribution in [1.29, 1.82) is 0 Å². The molecule has 8 heteroatoms. The molecule has 150 valence electrons. The van der Waals surface area contributed by atoms with Crippen LogP contribution < -0.4 is 14.4 Å². The molecule has 1 saturated carbocycles. The molecule has 0 heterocycles. The van der Waals surface area contributed by atoms with Crippen LogP contribution in [0.5, 0.6) is 5.75 Å². The average Bonchev–Trinajstić information content (AvgIpc) is 3.20. The van der Waals surface area contributed by atoms with Crippen LogP contribution >= 0.6 is 11.6 Å². The zero-order valence-electron chi connectivity index (χ0n) is 15.8. The molecule has 28 heavy (non-hydrogen) atoms. The van der Waals surface area contributed by atoms with E-state index >= 15 is 0 Å². The van der Waals surface area contributed by atoms with Gasteiger partial charge in [-0.1, -0.05) is 42.6 Å². The lowest BCUT2D eigenvalue weighted by atomic mass is 10.1. The smallest absolute Gasteiger partial charge is 0.249 e. The second kappa shape index (κ2) is 8.01. The van der Waals surface area contributed by atoms with Crippen molar-refractivity contribution in [2.24, 2.45) is 0 Å². The highest BCUT2D eigenvalue weighted by atomic mass is 35.5. The summed E-state index contributed by atoms with van der Waals surface area (Å²) in [6, 6.07) is 13.6. The number of nitrogens with zero attached hydrogens (tertiary/aromatic N) is 1. The van der Waals surface area contributed by atoms with Crippen LogP contribution in [0.15, 0.2) is 48.5 Å². The van der Waals surface area contributed by atoms with Crippen molar-refractivity contribution >= 4 is 38.9 Å². The number of sulfonamides is 1. The summed E-state index contributed by atoms with van der Waals surface area (Å²) >= 11 is 6.12. The number of carbonyl (C=O) groups excluding carboxylic acids is 1. The van der Waals surface area contributed by atoms with E-state index in [2.05, 4.69) is 5.32 Å². The minimum absolute atomic E-state index is 0.280.